The summed E-state index contributed by atoms with van der Waals surface area (Å²) in [6.45, 7) is 7.38. The van der Waals surface area contributed by atoms with Crippen molar-refractivity contribution in [1.29, 1.82) is 0 Å². The molecular formula is C17H27IN4OS. The van der Waals surface area contributed by atoms with Crippen molar-refractivity contribution in [3.63, 3.8) is 0 Å². The van der Waals surface area contributed by atoms with Crippen LogP contribution in [0.5, 0.6) is 0 Å². The highest BCUT2D eigenvalue weighted by Gasteiger charge is 2.12. The molecule has 0 aliphatic carbocycles. The molecule has 3 rings (SSSR count). The number of hydrogen-bond acceptors (Lipinski definition) is 4. The molecule has 7 heteroatoms. The monoisotopic (exact) mass is 462 g/mol. The van der Waals surface area contributed by atoms with Gasteiger partial charge in [-0.2, -0.15) is 11.8 Å². The second-order valence-electron chi connectivity index (χ2n) is 5.98. The topological polar surface area (TPSA) is 54.1 Å². The van der Waals surface area contributed by atoms with Crippen molar-refractivity contribution in [2.75, 3.05) is 50.9 Å². The van der Waals surface area contributed by atoms with Gasteiger partial charge in [0.05, 0.1) is 19.8 Å². The predicted molar refractivity (Wildman–Crippen MR) is 112 cm³/mol. The Morgan fingerprint density at radius 2 is 1.83 bits per heavy atom. The van der Waals surface area contributed by atoms with Crippen LogP contribution < -0.4 is 5.73 Å². The van der Waals surface area contributed by atoms with Crippen molar-refractivity contribution in [1.82, 2.24) is 9.80 Å². The molecule has 0 unspecified atom stereocenters. The second-order valence-corrected chi connectivity index (χ2v) is 7.21. The highest BCUT2D eigenvalue weighted by Crippen LogP contribution is 2.12. The van der Waals surface area contributed by atoms with Crippen molar-refractivity contribution in [3.05, 3.63) is 35.4 Å². The Balaban J connectivity index is 0.00000208. The average molecular weight is 462 g/mol. The van der Waals surface area contributed by atoms with Crippen molar-refractivity contribution < 1.29 is 4.74 Å². The van der Waals surface area contributed by atoms with Gasteiger partial charge in [-0.05, 0) is 11.1 Å². The van der Waals surface area contributed by atoms with E-state index < -0.39 is 0 Å². The molecule has 0 atom stereocenters. The Kier molecular flexibility index (Phi) is 8.65. The van der Waals surface area contributed by atoms with Crippen molar-refractivity contribution >= 4 is 41.7 Å². The maximum atomic E-state index is 6.13. The van der Waals surface area contributed by atoms with E-state index in [9.17, 15) is 0 Å². The standard InChI is InChI=1S/C17H26N4OS.HI/c18-17(21-6-10-23-11-7-21)19-13-15-2-1-3-16(12-15)14-20-4-8-22-9-5-20;/h1-3,12H,4-11,13-14H2,(H2,18,19);1H. The lowest BCUT2D eigenvalue weighted by Gasteiger charge is -2.27. The summed E-state index contributed by atoms with van der Waals surface area (Å²) in [5, 5.41) is 0. The van der Waals surface area contributed by atoms with E-state index >= 15 is 0 Å². The quantitative estimate of drug-likeness (QED) is 0.422. The Labute approximate surface area is 166 Å². The lowest BCUT2D eigenvalue weighted by molar-refractivity contribution is 0.0342. The molecule has 2 fully saturated rings. The summed E-state index contributed by atoms with van der Waals surface area (Å²) in [7, 11) is 0. The van der Waals surface area contributed by atoms with Gasteiger partial charge in [0.2, 0.25) is 0 Å². The molecule has 1 aromatic rings. The second kappa shape index (κ2) is 10.5. The van der Waals surface area contributed by atoms with Crippen LogP contribution in [0.2, 0.25) is 0 Å². The summed E-state index contributed by atoms with van der Waals surface area (Å²) >= 11 is 1.98. The molecule has 0 radical (unpaired) electrons. The SMILES string of the molecule is I.NC(=NCc1cccc(CN2CCOCC2)c1)N1CCSCC1. The number of benzene rings is 1. The maximum Gasteiger partial charge on any atom is 0.191 e. The van der Waals surface area contributed by atoms with Gasteiger partial charge in [-0.15, -0.1) is 24.0 Å². The normalized spacial score (nSPS) is 19.8. The van der Waals surface area contributed by atoms with Gasteiger partial charge < -0.3 is 15.4 Å². The molecule has 0 aromatic heterocycles. The predicted octanol–water partition coefficient (Wildman–Crippen LogP) is 2.00. The summed E-state index contributed by atoms with van der Waals surface area (Å²) < 4.78 is 5.40. The van der Waals surface area contributed by atoms with Crippen LogP contribution in [0, 0.1) is 0 Å². The number of hydrogen-bond donors (Lipinski definition) is 1. The fraction of sp³-hybridized carbons (Fsp3) is 0.588. The fourth-order valence-electron chi connectivity index (χ4n) is 2.91. The molecule has 24 heavy (non-hydrogen) atoms. The molecule has 2 aliphatic rings. The van der Waals surface area contributed by atoms with Crippen LogP contribution in [0.25, 0.3) is 0 Å². The number of aliphatic imine (C=N–C) groups is 1. The van der Waals surface area contributed by atoms with E-state index in [0.717, 1.165) is 57.4 Å². The molecule has 0 amide bonds. The average Bonchev–Trinajstić information content (AvgIpc) is 2.62. The summed E-state index contributed by atoms with van der Waals surface area (Å²) in [4.78, 5) is 9.21. The third-order valence-electron chi connectivity index (χ3n) is 4.26. The number of rotatable bonds is 4. The van der Waals surface area contributed by atoms with E-state index in [0.29, 0.717) is 12.5 Å². The summed E-state index contributed by atoms with van der Waals surface area (Å²) in [6.07, 6.45) is 0. The van der Waals surface area contributed by atoms with Crippen molar-refractivity contribution in [3.8, 4) is 0 Å². The molecule has 0 bridgehead atoms. The minimum atomic E-state index is 0. The Bertz CT molecular complexity index is 531. The van der Waals surface area contributed by atoms with E-state index in [1.807, 2.05) is 11.8 Å². The number of nitrogens with two attached hydrogens (primary N) is 1. The lowest BCUT2D eigenvalue weighted by Crippen LogP contribution is -2.42. The van der Waals surface area contributed by atoms with Gasteiger partial charge in [-0.25, -0.2) is 4.99 Å². The Morgan fingerprint density at radius 1 is 1.12 bits per heavy atom. The highest BCUT2D eigenvalue weighted by molar-refractivity contribution is 14.0. The van der Waals surface area contributed by atoms with Gasteiger partial charge in [-0.3, -0.25) is 4.90 Å². The van der Waals surface area contributed by atoms with Crippen LogP contribution in [-0.4, -0.2) is 66.7 Å². The smallest absolute Gasteiger partial charge is 0.191 e. The molecule has 0 saturated carbocycles. The first-order valence-corrected chi connectivity index (χ1v) is 9.47. The molecular weight excluding hydrogens is 435 g/mol. The Morgan fingerprint density at radius 3 is 2.58 bits per heavy atom. The Hall–Kier alpha value is -0.510. The van der Waals surface area contributed by atoms with E-state index in [-0.39, 0.29) is 24.0 Å². The van der Waals surface area contributed by atoms with Gasteiger partial charge in [0.15, 0.2) is 5.96 Å². The van der Waals surface area contributed by atoms with E-state index in [1.54, 1.807) is 0 Å². The number of thioether (sulfide) groups is 1. The molecule has 2 saturated heterocycles. The third kappa shape index (κ3) is 6.09. The molecule has 2 heterocycles. The highest BCUT2D eigenvalue weighted by atomic mass is 127. The largest absolute Gasteiger partial charge is 0.379 e. The van der Waals surface area contributed by atoms with Crippen LogP contribution in [0.3, 0.4) is 0 Å². The van der Waals surface area contributed by atoms with Crippen LogP contribution in [0.4, 0.5) is 0 Å². The molecule has 2 N–H and O–H groups in total. The van der Waals surface area contributed by atoms with Gasteiger partial charge in [0.1, 0.15) is 0 Å². The first-order chi connectivity index (χ1) is 11.3. The number of ether oxygens (including phenoxy) is 1. The molecule has 2 aliphatic heterocycles. The van der Waals surface area contributed by atoms with Crippen molar-refractivity contribution in [2.24, 2.45) is 10.7 Å². The van der Waals surface area contributed by atoms with Crippen LogP contribution in [0.15, 0.2) is 29.3 Å². The van der Waals surface area contributed by atoms with E-state index in [4.69, 9.17) is 10.5 Å². The van der Waals surface area contributed by atoms with E-state index in [2.05, 4.69) is 39.1 Å². The zero-order valence-electron chi connectivity index (χ0n) is 14.0. The van der Waals surface area contributed by atoms with Crippen LogP contribution >= 0.6 is 35.7 Å². The number of guanidine groups is 1. The first-order valence-electron chi connectivity index (χ1n) is 8.32. The van der Waals surface area contributed by atoms with E-state index in [1.165, 1.54) is 11.1 Å². The maximum absolute atomic E-state index is 6.13. The van der Waals surface area contributed by atoms with Gasteiger partial charge in [-0.1, -0.05) is 24.3 Å². The van der Waals surface area contributed by atoms with Crippen LogP contribution in [0.1, 0.15) is 11.1 Å². The number of nitrogens with zero attached hydrogens (tertiary/aromatic N) is 3. The van der Waals surface area contributed by atoms with Crippen molar-refractivity contribution in [2.45, 2.75) is 13.1 Å². The zero-order valence-corrected chi connectivity index (χ0v) is 17.2. The number of morpholine rings is 1. The molecule has 0 spiro atoms. The lowest BCUT2D eigenvalue weighted by atomic mass is 10.1. The minimum Gasteiger partial charge on any atom is -0.379 e. The first kappa shape index (κ1) is 19.8. The van der Waals surface area contributed by atoms with Gasteiger partial charge in [0, 0.05) is 44.2 Å². The number of halogens is 1. The third-order valence-corrected chi connectivity index (χ3v) is 5.20. The molecule has 5 nitrogen and oxygen atoms in total. The summed E-state index contributed by atoms with van der Waals surface area (Å²) in [5.74, 6) is 2.97. The fourth-order valence-corrected chi connectivity index (χ4v) is 3.81. The van der Waals surface area contributed by atoms with Gasteiger partial charge >= 0.3 is 0 Å². The van der Waals surface area contributed by atoms with Crippen LogP contribution in [-0.2, 0) is 17.8 Å². The zero-order chi connectivity index (χ0) is 15.9. The minimum absolute atomic E-state index is 0. The summed E-state index contributed by atoms with van der Waals surface area (Å²) in [5.41, 5.74) is 8.70. The molecule has 1 aromatic carbocycles. The molecule has 134 valence electrons. The van der Waals surface area contributed by atoms with Gasteiger partial charge in [0.25, 0.3) is 0 Å². The summed E-state index contributed by atoms with van der Waals surface area (Å²) in [6, 6.07) is 8.69.